The van der Waals surface area contributed by atoms with Gasteiger partial charge in [0.05, 0.1) is 12.1 Å². The molecule has 2 aromatic heterocycles. The van der Waals surface area contributed by atoms with Gasteiger partial charge >= 0.3 is 0 Å². The Labute approximate surface area is 140 Å². The molecule has 0 radical (unpaired) electrons. The fourth-order valence-corrected chi connectivity index (χ4v) is 3.32. The number of fused-ring (bicyclic) bond motifs is 1. The molecule has 0 spiro atoms. The third kappa shape index (κ3) is 2.79. The molecule has 2 aliphatic heterocycles. The fourth-order valence-electron chi connectivity index (χ4n) is 3.32. The van der Waals surface area contributed by atoms with Crippen LogP contribution in [0.5, 0.6) is 5.75 Å². The molecule has 24 heavy (non-hydrogen) atoms. The number of likely N-dealkylation sites (tertiary alicyclic amines) is 1. The van der Waals surface area contributed by atoms with Gasteiger partial charge < -0.3 is 15.0 Å². The topological polar surface area (TPSA) is 67.4 Å². The van der Waals surface area contributed by atoms with Gasteiger partial charge in [0.15, 0.2) is 11.6 Å². The van der Waals surface area contributed by atoms with Gasteiger partial charge in [0.1, 0.15) is 6.10 Å². The van der Waals surface area contributed by atoms with E-state index in [1.807, 2.05) is 24.0 Å². The summed E-state index contributed by atoms with van der Waals surface area (Å²) in [5.41, 5.74) is 1.82. The maximum atomic E-state index is 12.8. The van der Waals surface area contributed by atoms with Crippen LogP contribution in [0.1, 0.15) is 35.2 Å². The molecule has 0 bridgehead atoms. The highest BCUT2D eigenvalue weighted by molar-refractivity contribution is 5.95. The van der Waals surface area contributed by atoms with Crippen LogP contribution in [-0.4, -0.2) is 46.5 Å². The van der Waals surface area contributed by atoms with Crippen molar-refractivity contribution in [3.63, 3.8) is 0 Å². The Bertz CT molecular complexity index is 750. The van der Waals surface area contributed by atoms with Crippen molar-refractivity contribution in [3.05, 3.63) is 47.9 Å². The minimum atomic E-state index is 0.0173. The summed E-state index contributed by atoms with van der Waals surface area (Å²) in [6.45, 7) is 4.21. The van der Waals surface area contributed by atoms with Gasteiger partial charge in [0.2, 0.25) is 0 Å². The van der Waals surface area contributed by atoms with Crippen LogP contribution in [0.4, 0.5) is 5.82 Å². The second-order valence-corrected chi connectivity index (χ2v) is 6.40. The lowest BCUT2D eigenvalue weighted by atomic mass is 10.00. The lowest BCUT2D eigenvalue weighted by molar-refractivity contribution is 0.0789. The fraction of sp³-hybridized carbons (Fsp3) is 0.389. The first-order chi connectivity index (χ1) is 11.7. The highest BCUT2D eigenvalue weighted by Gasteiger charge is 2.29. The maximum Gasteiger partial charge on any atom is 0.255 e. The highest BCUT2D eigenvalue weighted by atomic mass is 16.5. The SMILES string of the molecule is C[C@H]1CNc2ncc(C(=O)N3CCC(c4ccncc4)C3)cc2O1. The van der Waals surface area contributed by atoms with E-state index < -0.39 is 0 Å². The Balaban J connectivity index is 1.50. The van der Waals surface area contributed by atoms with Gasteiger partial charge in [-0.25, -0.2) is 4.98 Å². The van der Waals surface area contributed by atoms with E-state index in [1.54, 1.807) is 24.7 Å². The quantitative estimate of drug-likeness (QED) is 0.918. The van der Waals surface area contributed by atoms with Crippen molar-refractivity contribution in [2.45, 2.75) is 25.4 Å². The highest BCUT2D eigenvalue weighted by Crippen LogP contribution is 2.30. The largest absolute Gasteiger partial charge is 0.485 e. The molecule has 1 N–H and O–H groups in total. The van der Waals surface area contributed by atoms with Crippen LogP contribution >= 0.6 is 0 Å². The van der Waals surface area contributed by atoms with Crippen molar-refractivity contribution in [1.29, 1.82) is 0 Å². The number of pyridine rings is 2. The summed E-state index contributed by atoms with van der Waals surface area (Å²) in [4.78, 5) is 23.1. The summed E-state index contributed by atoms with van der Waals surface area (Å²) in [7, 11) is 0. The number of nitrogens with zero attached hydrogens (tertiary/aromatic N) is 3. The first kappa shape index (κ1) is 14.9. The van der Waals surface area contributed by atoms with Gasteiger partial charge in [-0.3, -0.25) is 9.78 Å². The lowest BCUT2D eigenvalue weighted by Gasteiger charge is -2.24. The Morgan fingerprint density at radius 1 is 1.38 bits per heavy atom. The number of carbonyl (C=O) groups excluding carboxylic acids is 1. The van der Waals surface area contributed by atoms with E-state index in [-0.39, 0.29) is 12.0 Å². The molecule has 6 heteroatoms. The standard InChI is InChI=1S/C18H20N4O2/c1-12-9-20-17-16(24-12)8-15(10-21-17)18(23)22-7-4-14(11-22)13-2-5-19-6-3-13/h2-3,5-6,8,10,12,14H,4,7,9,11H2,1H3,(H,20,21)/t12-,14?/m0/s1. The average molecular weight is 324 g/mol. The number of hydrogen-bond donors (Lipinski definition) is 1. The number of carbonyl (C=O) groups is 1. The van der Waals surface area contributed by atoms with Gasteiger partial charge in [-0.05, 0) is 37.1 Å². The molecular formula is C18H20N4O2. The average Bonchev–Trinajstić information content (AvgIpc) is 3.11. The van der Waals surface area contributed by atoms with Crippen LogP contribution in [0.15, 0.2) is 36.8 Å². The minimum Gasteiger partial charge on any atom is -0.485 e. The van der Waals surface area contributed by atoms with Gasteiger partial charge in [0, 0.05) is 37.6 Å². The molecule has 1 fully saturated rings. The van der Waals surface area contributed by atoms with Crippen LogP contribution < -0.4 is 10.1 Å². The third-order valence-electron chi connectivity index (χ3n) is 4.64. The summed E-state index contributed by atoms with van der Waals surface area (Å²) < 4.78 is 5.77. The summed E-state index contributed by atoms with van der Waals surface area (Å²) in [5.74, 6) is 1.76. The number of nitrogens with one attached hydrogen (secondary N) is 1. The summed E-state index contributed by atoms with van der Waals surface area (Å²) in [6, 6.07) is 5.85. The van der Waals surface area contributed by atoms with Crippen molar-refractivity contribution >= 4 is 11.7 Å². The van der Waals surface area contributed by atoms with Crippen molar-refractivity contribution in [3.8, 4) is 5.75 Å². The van der Waals surface area contributed by atoms with Crippen LogP contribution in [0.2, 0.25) is 0 Å². The predicted molar refractivity (Wildman–Crippen MR) is 90.3 cm³/mol. The second-order valence-electron chi connectivity index (χ2n) is 6.40. The number of aromatic nitrogens is 2. The van der Waals surface area contributed by atoms with Crippen molar-refractivity contribution in [2.24, 2.45) is 0 Å². The zero-order valence-corrected chi connectivity index (χ0v) is 13.6. The van der Waals surface area contributed by atoms with E-state index in [2.05, 4.69) is 15.3 Å². The Kier molecular flexibility index (Phi) is 3.80. The van der Waals surface area contributed by atoms with Crippen molar-refractivity contribution in [2.75, 3.05) is 25.0 Å². The van der Waals surface area contributed by atoms with E-state index in [4.69, 9.17) is 4.74 Å². The molecule has 2 aromatic rings. The molecule has 1 unspecified atom stereocenters. The monoisotopic (exact) mass is 324 g/mol. The van der Waals surface area contributed by atoms with Crippen molar-refractivity contribution < 1.29 is 9.53 Å². The third-order valence-corrected chi connectivity index (χ3v) is 4.64. The van der Waals surface area contributed by atoms with E-state index in [0.29, 0.717) is 23.0 Å². The van der Waals surface area contributed by atoms with Crippen LogP contribution in [0.3, 0.4) is 0 Å². The number of hydrogen-bond acceptors (Lipinski definition) is 5. The molecule has 6 nitrogen and oxygen atoms in total. The smallest absolute Gasteiger partial charge is 0.255 e. The van der Waals surface area contributed by atoms with Crippen LogP contribution in [-0.2, 0) is 0 Å². The number of ether oxygens (including phenoxy) is 1. The molecule has 124 valence electrons. The zero-order valence-electron chi connectivity index (χ0n) is 13.6. The van der Waals surface area contributed by atoms with Gasteiger partial charge in [0.25, 0.3) is 5.91 Å². The maximum absolute atomic E-state index is 12.8. The molecule has 0 saturated carbocycles. The van der Waals surface area contributed by atoms with E-state index in [0.717, 1.165) is 26.1 Å². The number of amides is 1. The van der Waals surface area contributed by atoms with Crippen LogP contribution in [0, 0.1) is 0 Å². The molecule has 1 amide bonds. The van der Waals surface area contributed by atoms with E-state index in [9.17, 15) is 4.79 Å². The lowest BCUT2D eigenvalue weighted by Crippen LogP contribution is -2.30. The Hall–Kier alpha value is -2.63. The van der Waals surface area contributed by atoms with Gasteiger partial charge in [-0.15, -0.1) is 0 Å². The summed E-state index contributed by atoms with van der Waals surface area (Å²) in [5, 5.41) is 3.21. The van der Waals surface area contributed by atoms with E-state index in [1.165, 1.54) is 5.56 Å². The normalized spacial score (nSPS) is 22.5. The van der Waals surface area contributed by atoms with Crippen molar-refractivity contribution in [1.82, 2.24) is 14.9 Å². The Morgan fingerprint density at radius 3 is 3.04 bits per heavy atom. The summed E-state index contributed by atoms with van der Waals surface area (Å²) in [6.07, 6.45) is 6.29. The molecule has 2 atom stereocenters. The molecule has 4 heterocycles. The van der Waals surface area contributed by atoms with Gasteiger partial charge in [-0.1, -0.05) is 0 Å². The Morgan fingerprint density at radius 2 is 2.21 bits per heavy atom. The minimum absolute atomic E-state index is 0.0173. The van der Waals surface area contributed by atoms with E-state index >= 15 is 0 Å². The second kappa shape index (κ2) is 6.11. The van der Waals surface area contributed by atoms with Gasteiger partial charge in [-0.2, -0.15) is 0 Å². The molecule has 4 rings (SSSR count). The first-order valence-corrected chi connectivity index (χ1v) is 8.30. The summed E-state index contributed by atoms with van der Waals surface area (Å²) >= 11 is 0. The molecule has 2 aliphatic rings. The molecule has 1 saturated heterocycles. The molecule has 0 aliphatic carbocycles. The molecular weight excluding hydrogens is 304 g/mol. The predicted octanol–water partition coefficient (Wildman–Crippen LogP) is 2.30. The van der Waals surface area contributed by atoms with Crippen LogP contribution in [0.25, 0.3) is 0 Å². The first-order valence-electron chi connectivity index (χ1n) is 8.30. The number of rotatable bonds is 2. The zero-order chi connectivity index (χ0) is 16.5. The number of anilines is 1. The molecule has 0 aromatic carbocycles.